The summed E-state index contributed by atoms with van der Waals surface area (Å²) in [6, 6.07) is 9.69. The van der Waals surface area contributed by atoms with Crippen LogP contribution in [0.4, 0.5) is 10.1 Å². The van der Waals surface area contributed by atoms with Gasteiger partial charge in [0.05, 0.1) is 11.4 Å². The van der Waals surface area contributed by atoms with Gasteiger partial charge in [0, 0.05) is 11.4 Å². The molecule has 3 rings (SSSR count). The lowest BCUT2D eigenvalue weighted by Crippen LogP contribution is -2.25. The zero-order valence-corrected chi connectivity index (χ0v) is 16.0. The minimum absolute atomic E-state index is 0. The van der Waals surface area contributed by atoms with Gasteiger partial charge in [-0.05, 0) is 55.6 Å². The number of carbonyl (C=O) groups excluding carboxylic acids is 1. The van der Waals surface area contributed by atoms with Crippen molar-refractivity contribution in [1.29, 1.82) is 0 Å². The summed E-state index contributed by atoms with van der Waals surface area (Å²) in [5.74, 6) is -0.214. The van der Waals surface area contributed by atoms with Crippen molar-refractivity contribution < 1.29 is 9.18 Å². The molecule has 0 aromatic heterocycles. The van der Waals surface area contributed by atoms with E-state index >= 15 is 0 Å². The van der Waals surface area contributed by atoms with E-state index in [2.05, 4.69) is 16.7 Å². The molecule has 134 valence electrons. The van der Waals surface area contributed by atoms with Crippen molar-refractivity contribution in [1.82, 2.24) is 5.32 Å². The van der Waals surface area contributed by atoms with Crippen LogP contribution in [0.3, 0.4) is 0 Å². The Morgan fingerprint density at radius 1 is 1.28 bits per heavy atom. The maximum atomic E-state index is 14.5. The molecule has 0 atom stereocenters. The van der Waals surface area contributed by atoms with Crippen molar-refractivity contribution >= 4 is 35.8 Å². The van der Waals surface area contributed by atoms with E-state index in [-0.39, 0.29) is 35.6 Å². The average molecular weight is 381 g/mol. The Kier molecular flexibility index (Phi) is 6.87. The Hall–Kier alpha value is -1.56. The second-order valence-electron chi connectivity index (χ2n) is 6.10. The van der Waals surface area contributed by atoms with E-state index in [9.17, 15) is 9.18 Å². The number of aryl methyl sites for hydroxylation is 2. The van der Waals surface area contributed by atoms with Crippen LogP contribution in [0.5, 0.6) is 0 Å². The topological polar surface area (TPSA) is 41.1 Å². The molecule has 1 amide bonds. The number of rotatable bonds is 4. The van der Waals surface area contributed by atoms with Gasteiger partial charge in [-0.3, -0.25) is 4.79 Å². The van der Waals surface area contributed by atoms with Crippen LogP contribution in [0.1, 0.15) is 22.3 Å². The summed E-state index contributed by atoms with van der Waals surface area (Å²) in [7, 11) is 0. The molecule has 0 bridgehead atoms. The van der Waals surface area contributed by atoms with E-state index < -0.39 is 0 Å². The number of halogens is 2. The molecule has 25 heavy (non-hydrogen) atoms. The van der Waals surface area contributed by atoms with Gasteiger partial charge in [0.2, 0.25) is 5.91 Å². The van der Waals surface area contributed by atoms with Crippen molar-refractivity contribution in [3.8, 4) is 0 Å². The smallest absolute Gasteiger partial charge is 0.234 e. The molecule has 2 aromatic rings. The molecule has 1 heterocycles. The molecule has 0 spiro atoms. The maximum Gasteiger partial charge on any atom is 0.234 e. The molecular weight excluding hydrogens is 359 g/mol. The Balaban J connectivity index is 0.00000225. The van der Waals surface area contributed by atoms with Crippen LogP contribution >= 0.6 is 24.2 Å². The van der Waals surface area contributed by atoms with Crippen molar-refractivity contribution in [3.05, 3.63) is 58.4 Å². The predicted molar refractivity (Wildman–Crippen MR) is 104 cm³/mol. The van der Waals surface area contributed by atoms with E-state index in [4.69, 9.17) is 0 Å². The highest BCUT2D eigenvalue weighted by Crippen LogP contribution is 2.26. The molecule has 0 fully saturated rings. The highest BCUT2D eigenvalue weighted by atomic mass is 35.5. The lowest BCUT2D eigenvalue weighted by molar-refractivity contribution is -0.113. The summed E-state index contributed by atoms with van der Waals surface area (Å²) in [5.41, 5.74) is 4.32. The summed E-state index contributed by atoms with van der Waals surface area (Å²) in [4.78, 5) is 13.2. The van der Waals surface area contributed by atoms with E-state index in [1.54, 1.807) is 6.07 Å². The first-order chi connectivity index (χ1) is 11.5. The molecule has 3 nitrogen and oxygen atoms in total. The van der Waals surface area contributed by atoms with Gasteiger partial charge in [0.1, 0.15) is 5.82 Å². The van der Waals surface area contributed by atoms with Crippen LogP contribution in [0.15, 0.2) is 35.2 Å². The van der Waals surface area contributed by atoms with Crippen LogP contribution in [0.25, 0.3) is 0 Å². The van der Waals surface area contributed by atoms with Crippen molar-refractivity contribution in [2.75, 3.05) is 17.6 Å². The number of amides is 1. The third kappa shape index (κ3) is 4.75. The fraction of sp³-hybridized carbons (Fsp3) is 0.316. The van der Waals surface area contributed by atoms with Crippen LogP contribution in [-0.2, 0) is 17.8 Å². The monoisotopic (exact) mass is 380 g/mol. The van der Waals surface area contributed by atoms with Crippen LogP contribution in [0.2, 0.25) is 0 Å². The molecule has 0 unspecified atom stereocenters. The van der Waals surface area contributed by atoms with Gasteiger partial charge in [-0.15, -0.1) is 24.2 Å². The van der Waals surface area contributed by atoms with Gasteiger partial charge in [-0.2, -0.15) is 0 Å². The molecular formula is C19H22ClFN2OS. The largest absolute Gasteiger partial charge is 0.323 e. The maximum absolute atomic E-state index is 14.5. The molecule has 0 radical (unpaired) electrons. The number of hydrogen-bond acceptors (Lipinski definition) is 3. The van der Waals surface area contributed by atoms with Crippen LogP contribution in [-0.4, -0.2) is 18.2 Å². The number of fused-ring (bicyclic) bond motifs is 1. The van der Waals surface area contributed by atoms with E-state index in [1.165, 1.54) is 17.3 Å². The molecule has 1 aliphatic heterocycles. The second kappa shape index (κ2) is 8.70. The van der Waals surface area contributed by atoms with Gasteiger partial charge in [0.25, 0.3) is 0 Å². The quantitative estimate of drug-likeness (QED) is 0.779. The zero-order chi connectivity index (χ0) is 17.1. The average Bonchev–Trinajstić information content (AvgIpc) is 2.57. The summed E-state index contributed by atoms with van der Waals surface area (Å²) in [6.45, 7) is 5.53. The van der Waals surface area contributed by atoms with Crippen molar-refractivity contribution in [2.45, 2.75) is 31.7 Å². The van der Waals surface area contributed by atoms with E-state index in [0.29, 0.717) is 18.5 Å². The highest BCUT2D eigenvalue weighted by molar-refractivity contribution is 8.00. The van der Waals surface area contributed by atoms with Gasteiger partial charge < -0.3 is 10.6 Å². The van der Waals surface area contributed by atoms with Gasteiger partial charge >= 0.3 is 0 Å². The Morgan fingerprint density at radius 2 is 2.08 bits per heavy atom. The lowest BCUT2D eigenvalue weighted by Gasteiger charge is -2.19. The van der Waals surface area contributed by atoms with Crippen molar-refractivity contribution in [2.24, 2.45) is 0 Å². The fourth-order valence-electron chi connectivity index (χ4n) is 2.92. The predicted octanol–water partition coefficient (Wildman–Crippen LogP) is 4.24. The van der Waals surface area contributed by atoms with Crippen LogP contribution < -0.4 is 10.6 Å². The fourth-order valence-corrected chi connectivity index (χ4v) is 3.73. The lowest BCUT2D eigenvalue weighted by atomic mass is 9.99. The summed E-state index contributed by atoms with van der Waals surface area (Å²) >= 11 is 1.47. The number of hydrogen-bond donors (Lipinski definition) is 2. The first-order valence-corrected chi connectivity index (χ1v) is 9.04. The number of benzene rings is 2. The highest BCUT2D eigenvalue weighted by Gasteiger charge is 2.17. The molecule has 0 saturated heterocycles. The molecule has 6 heteroatoms. The summed E-state index contributed by atoms with van der Waals surface area (Å²) in [5, 5.41) is 5.92. The van der Waals surface area contributed by atoms with E-state index in [1.807, 2.05) is 32.0 Å². The van der Waals surface area contributed by atoms with Gasteiger partial charge in [-0.25, -0.2) is 4.39 Å². The summed E-state index contributed by atoms with van der Waals surface area (Å²) < 4.78 is 14.5. The standard InChI is InChI=1S/C19H21FN2OS.ClH/c1-12-3-6-17(13(2)9-12)24-11-18(23)22-16-5-4-14-10-21-8-7-15(14)19(16)20;/h3-6,9,21H,7-8,10-11H2,1-2H3,(H,22,23);1H. The number of carbonyl (C=O) groups is 1. The van der Waals surface area contributed by atoms with Gasteiger partial charge in [0.15, 0.2) is 0 Å². The minimum Gasteiger partial charge on any atom is -0.323 e. The van der Waals surface area contributed by atoms with E-state index in [0.717, 1.165) is 22.6 Å². The number of thioether (sulfide) groups is 1. The minimum atomic E-state index is -0.293. The normalized spacial score (nSPS) is 12.9. The van der Waals surface area contributed by atoms with Crippen molar-refractivity contribution in [3.63, 3.8) is 0 Å². The molecule has 0 aliphatic carbocycles. The second-order valence-corrected chi connectivity index (χ2v) is 7.11. The third-order valence-electron chi connectivity index (χ3n) is 4.17. The SMILES string of the molecule is Cc1ccc(SCC(=O)Nc2ccc3c(c2F)CCNC3)c(C)c1.Cl. The third-order valence-corrected chi connectivity index (χ3v) is 5.35. The Labute approximate surface area is 158 Å². The first kappa shape index (κ1) is 19.8. The zero-order valence-electron chi connectivity index (χ0n) is 14.3. The molecule has 2 aromatic carbocycles. The Bertz CT molecular complexity index is 782. The molecule has 0 saturated carbocycles. The number of nitrogens with one attached hydrogen (secondary N) is 2. The summed E-state index contributed by atoms with van der Waals surface area (Å²) in [6.07, 6.45) is 0.655. The number of anilines is 1. The molecule has 2 N–H and O–H groups in total. The first-order valence-electron chi connectivity index (χ1n) is 8.05. The van der Waals surface area contributed by atoms with Crippen LogP contribution in [0, 0.1) is 19.7 Å². The Morgan fingerprint density at radius 3 is 2.84 bits per heavy atom. The van der Waals surface area contributed by atoms with Gasteiger partial charge in [-0.1, -0.05) is 23.8 Å². The molecule has 1 aliphatic rings.